The molecule has 0 aliphatic rings. The molecular weight excluding hydrogens is 398 g/mol. The number of nitrogens with two attached hydrogens (primary N) is 1. The van der Waals surface area contributed by atoms with Gasteiger partial charge < -0.3 is 15.2 Å². The monoisotopic (exact) mass is 419 g/mol. The van der Waals surface area contributed by atoms with Crippen LogP contribution in [-0.2, 0) is 4.79 Å². The molecule has 0 heterocycles. The number of primary amides is 1. The molecule has 0 aromatic heterocycles. The average Bonchev–Trinajstić information content (AvgIpc) is 2.77. The number of rotatable bonds is 7. The molecule has 3 aromatic rings. The van der Waals surface area contributed by atoms with E-state index in [4.69, 9.17) is 15.2 Å². The minimum atomic E-state index is -0.518. The van der Waals surface area contributed by atoms with Gasteiger partial charge in [0.25, 0.3) is 11.8 Å². The van der Waals surface area contributed by atoms with Crippen molar-refractivity contribution in [2.45, 2.75) is 6.92 Å². The van der Waals surface area contributed by atoms with Gasteiger partial charge in [0.1, 0.15) is 17.2 Å². The van der Waals surface area contributed by atoms with Crippen molar-refractivity contribution in [3.63, 3.8) is 0 Å². The molecule has 0 atom stereocenters. The lowest BCUT2D eigenvalue weighted by Gasteiger charge is -2.10. The summed E-state index contributed by atoms with van der Waals surface area (Å²) in [5, 5.41) is 0. The van der Waals surface area contributed by atoms with Gasteiger partial charge >= 0.3 is 0 Å². The van der Waals surface area contributed by atoms with Crippen LogP contribution in [0, 0.1) is 6.92 Å². The highest BCUT2D eigenvalue weighted by Crippen LogP contribution is 2.22. The molecular formula is C23H21N3O5. The van der Waals surface area contributed by atoms with Crippen molar-refractivity contribution in [1.29, 1.82) is 0 Å². The third-order valence-corrected chi connectivity index (χ3v) is 4.17. The fraction of sp³-hybridized carbons (Fsp3) is 0.0870. The van der Waals surface area contributed by atoms with Crippen LogP contribution in [0.1, 0.15) is 26.3 Å². The Balaban J connectivity index is 1.47. The Hall–Kier alpha value is -4.33. The summed E-state index contributed by atoms with van der Waals surface area (Å²) in [5.41, 5.74) is 11.6. The first-order chi connectivity index (χ1) is 14.9. The lowest BCUT2D eigenvalue weighted by atomic mass is 10.2. The standard InChI is InChI=1S/C23H21N3O5/c1-15-3-2-4-20(13-15)30-14-21(27)25-26-23(29)17-7-11-19(12-8-17)31-18-9-5-16(6-10-18)22(24)28/h2-13H,14H2,1H3,(H2,24,28)(H,25,27)(H,26,29). The molecule has 3 rings (SSSR count). The molecule has 8 nitrogen and oxygen atoms in total. The topological polar surface area (TPSA) is 120 Å². The zero-order valence-corrected chi connectivity index (χ0v) is 16.8. The lowest BCUT2D eigenvalue weighted by molar-refractivity contribution is -0.123. The first kappa shape index (κ1) is 21.4. The summed E-state index contributed by atoms with van der Waals surface area (Å²) in [7, 11) is 0. The molecule has 0 saturated carbocycles. The zero-order valence-electron chi connectivity index (χ0n) is 16.8. The van der Waals surface area contributed by atoms with Crippen molar-refractivity contribution in [2.24, 2.45) is 5.73 Å². The second-order valence-electron chi connectivity index (χ2n) is 6.62. The summed E-state index contributed by atoms with van der Waals surface area (Å²) < 4.78 is 11.0. The van der Waals surface area contributed by atoms with Gasteiger partial charge in [0.05, 0.1) is 0 Å². The van der Waals surface area contributed by atoms with Crippen LogP contribution < -0.4 is 26.1 Å². The van der Waals surface area contributed by atoms with Gasteiger partial charge in [-0.1, -0.05) is 12.1 Å². The molecule has 0 bridgehead atoms. The molecule has 0 aliphatic carbocycles. The van der Waals surface area contributed by atoms with E-state index in [0.29, 0.717) is 28.4 Å². The Labute approximate surface area is 178 Å². The Bertz CT molecular complexity index is 1080. The van der Waals surface area contributed by atoms with E-state index in [1.807, 2.05) is 25.1 Å². The van der Waals surface area contributed by atoms with Crippen molar-refractivity contribution >= 4 is 17.7 Å². The van der Waals surface area contributed by atoms with Crippen molar-refractivity contribution in [3.05, 3.63) is 89.5 Å². The number of carbonyl (C=O) groups excluding carboxylic acids is 3. The second-order valence-corrected chi connectivity index (χ2v) is 6.62. The van der Waals surface area contributed by atoms with E-state index in [0.717, 1.165) is 5.56 Å². The number of carbonyl (C=O) groups is 3. The summed E-state index contributed by atoms with van der Waals surface area (Å²) in [5.74, 6) is 0.0922. The second kappa shape index (κ2) is 9.93. The minimum Gasteiger partial charge on any atom is -0.484 e. The van der Waals surface area contributed by atoms with E-state index in [1.54, 1.807) is 54.6 Å². The molecule has 0 fully saturated rings. The van der Waals surface area contributed by atoms with Gasteiger partial charge in [0, 0.05) is 11.1 Å². The van der Waals surface area contributed by atoms with Crippen molar-refractivity contribution in [3.8, 4) is 17.2 Å². The van der Waals surface area contributed by atoms with Gasteiger partial charge in [-0.25, -0.2) is 0 Å². The summed E-state index contributed by atoms with van der Waals surface area (Å²) in [6, 6.07) is 20.0. The number of hydrogen-bond donors (Lipinski definition) is 3. The number of aryl methyl sites for hydroxylation is 1. The van der Waals surface area contributed by atoms with Gasteiger partial charge in [-0.2, -0.15) is 0 Å². The van der Waals surface area contributed by atoms with Crippen LogP contribution in [0.15, 0.2) is 72.8 Å². The summed E-state index contributed by atoms with van der Waals surface area (Å²) >= 11 is 0. The van der Waals surface area contributed by atoms with Gasteiger partial charge in [-0.15, -0.1) is 0 Å². The summed E-state index contributed by atoms with van der Waals surface area (Å²) in [6.07, 6.45) is 0. The van der Waals surface area contributed by atoms with Crippen molar-refractivity contribution < 1.29 is 23.9 Å². The van der Waals surface area contributed by atoms with E-state index in [1.165, 1.54) is 0 Å². The van der Waals surface area contributed by atoms with Crippen LogP contribution in [0.4, 0.5) is 0 Å². The summed E-state index contributed by atoms with van der Waals surface area (Å²) in [4.78, 5) is 35.1. The third kappa shape index (κ3) is 6.33. The molecule has 158 valence electrons. The molecule has 0 radical (unpaired) electrons. The molecule has 3 amide bonds. The number of nitrogens with one attached hydrogen (secondary N) is 2. The van der Waals surface area contributed by atoms with Crippen LogP contribution in [0.2, 0.25) is 0 Å². The Morgan fingerprint density at radius 3 is 2.00 bits per heavy atom. The van der Waals surface area contributed by atoms with Gasteiger partial charge in [-0.05, 0) is 73.2 Å². The highest BCUT2D eigenvalue weighted by molar-refractivity contribution is 5.95. The zero-order chi connectivity index (χ0) is 22.2. The van der Waals surface area contributed by atoms with Crippen LogP contribution in [0.5, 0.6) is 17.2 Å². The normalized spacial score (nSPS) is 10.1. The smallest absolute Gasteiger partial charge is 0.276 e. The van der Waals surface area contributed by atoms with E-state index >= 15 is 0 Å². The largest absolute Gasteiger partial charge is 0.484 e. The van der Waals surface area contributed by atoms with E-state index in [2.05, 4.69) is 10.9 Å². The molecule has 0 spiro atoms. The van der Waals surface area contributed by atoms with Crippen LogP contribution in [0.25, 0.3) is 0 Å². The van der Waals surface area contributed by atoms with E-state index < -0.39 is 17.7 Å². The van der Waals surface area contributed by atoms with Crippen LogP contribution >= 0.6 is 0 Å². The van der Waals surface area contributed by atoms with E-state index in [-0.39, 0.29) is 6.61 Å². The number of hydrazine groups is 1. The first-order valence-corrected chi connectivity index (χ1v) is 9.37. The van der Waals surface area contributed by atoms with Crippen LogP contribution in [0.3, 0.4) is 0 Å². The Morgan fingerprint density at radius 2 is 1.42 bits per heavy atom. The predicted octanol–water partition coefficient (Wildman–Crippen LogP) is 2.73. The third-order valence-electron chi connectivity index (χ3n) is 4.17. The van der Waals surface area contributed by atoms with Gasteiger partial charge in [0.2, 0.25) is 5.91 Å². The molecule has 4 N–H and O–H groups in total. The van der Waals surface area contributed by atoms with Crippen molar-refractivity contribution in [1.82, 2.24) is 10.9 Å². The molecule has 3 aromatic carbocycles. The number of benzene rings is 3. The van der Waals surface area contributed by atoms with Crippen LogP contribution in [-0.4, -0.2) is 24.3 Å². The number of hydrogen-bond acceptors (Lipinski definition) is 5. The molecule has 31 heavy (non-hydrogen) atoms. The number of amides is 3. The quantitative estimate of drug-likeness (QED) is 0.509. The van der Waals surface area contributed by atoms with Gasteiger partial charge in [-0.3, -0.25) is 25.2 Å². The maximum atomic E-state index is 12.2. The fourth-order valence-corrected chi connectivity index (χ4v) is 2.59. The average molecular weight is 419 g/mol. The summed E-state index contributed by atoms with van der Waals surface area (Å²) in [6.45, 7) is 1.69. The lowest BCUT2D eigenvalue weighted by Crippen LogP contribution is -2.43. The molecule has 0 unspecified atom stereocenters. The molecule has 0 saturated heterocycles. The maximum absolute atomic E-state index is 12.2. The predicted molar refractivity (Wildman–Crippen MR) is 114 cm³/mol. The Kier molecular flexibility index (Phi) is 6.85. The SMILES string of the molecule is Cc1cccc(OCC(=O)NNC(=O)c2ccc(Oc3ccc(C(N)=O)cc3)cc2)c1. The van der Waals surface area contributed by atoms with E-state index in [9.17, 15) is 14.4 Å². The van der Waals surface area contributed by atoms with Gasteiger partial charge in [0.15, 0.2) is 6.61 Å². The highest BCUT2D eigenvalue weighted by atomic mass is 16.5. The fourth-order valence-electron chi connectivity index (χ4n) is 2.59. The van der Waals surface area contributed by atoms with Crippen molar-refractivity contribution in [2.75, 3.05) is 6.61 Å². The minimum absolute atomic E-state index is 0.231. The highest BCUT2D eigenvalue weighted by Gasteiger charge is 2.09. The number of ether oxygens (including phenoxy) is 2. The first-order valence-electron chi connectivity index (χ1n) is 9.37. The maximum Gasteiger partial charge on any atom is 0.276 e. The Morgan fingerprint density at radius 1 is 0.806 bits per heavy atom. The molecule has 0 aliphatic heterocycles. The molecule has 8 heteroatoms.